The summed E-state index contributed by atoms with van der Waals surface area (Å²) in [6, 6.07) is 21.0. The van der Waals surface area contributed by atoms with Crippen molar-refractivity contribution in [2.45, 2.75) is 0 Å². The first kappa shape index (κ1) is 17.5. The zero-order valence-electron chi connectivity index (χ0n) is 15.2. The molecular weight excluding hydrogens is 352 g/mol. The van der Waals surface area contributed by atoms with Crippen LogP contribution in [0.25, 0.3) is 33.2 Å². The Hall–Kier alpha value is -3.93. The van der Waals surface area contributed by atoms with Crippen molar-refractivity contribution in [2.24, 2.45) is 0 Å². The van der Waals surface area contributed by atoms with Crippen molar-refractivity contribution in [2.75, 3.05) is 18.6 Å². The average molecular weight is 370 g/mol. The van der Waals surface area contributed by atoms with E-state index in [4.69, 9.17) is 16.2 Å². The Balaban J connectivity index is 2.00. The van der Waals surface area contributed by atoms with Crippen molar-refractivity contribution in [1.29, 1.82) is 0 Å². The summed E-state index contributed by atoms with van der Waals surface area (Å²) >= 11 is 0. The first-order valence-corrected chi connectivity index (χ1v) is 8.68. The van der Waals surface area contributed by atoms with E-state index in [1.807, 2.05) is 60.7 Å². The van der Waals surface area contributed by atoms with Gasteiger partial charge in [-0.1, -0.05) is 48.5 Å². The van der Waals surface area contributed by atoms with Crippen LogP contribution in [-0.4, -0.2) is 23.0 Å². The van der Waals surface area contributed by atoms with E-state index in [0.29, 0.717) is 22.3 Å². The molecule has 28 heavy (non-hydrogen) atoms. The summed E-state index contributed by atoms with van der Waals surface area (Å²) in [5.74, 6) is 0.0576. The van der Waals surface area contributed by atoms with Crippen molar-refractivity contribution in [3.63, 3.8) is 0 Å². The second-order valence-corrected chi connectivity index (χ2v) is 6.28. The maximum Gasteiger partial charge on any atom is 0.338 e. The van der Waals surface area contributed by atoms with Gasteiger partial charge in [-0.25, -0.2) is 9.78 Å². The van der Waals surface area contributed by atoms with E-state index in [9.17, 15) is 4.79 Å². The van der Waals surface area contributed by atoms with Crippen LogP contribution < -0.4 is 11.5 Å². The summed E-state index contributed by atoms with van der Waals surface area (Å²) in [4.78, 5) is 20.7. The number of nitrogens with zero attached hydrogens (tertiary/aromatic N) is 2. The molecule has 0 spiro atoms. The summed E-state index contributed by atoms with van der Waals surface area (Å²) in [6.45, 7) is 0. The van der Waals surface area contributed by atoms with Crippen LogP contribution in [0, 0.1) is 0 Å². The number of carbonyl (C=O) groups excluding carboxylic acids is 1. The van der Waals surface area contributed by atoms with Gasteiger partial charge in [0.25, 0.3) is 0 Å². The van der Waals surface area contributed by atoms with E-state index < -0.39 is 5.97 Å². The zero-order valence-corrected chi connectivity index (χ0v) is 15.2. The molecule has 0 aliphatic carbocycles. The topological polar surface area (TPSA) is 104 Å². The summed E-state index contributed by atoms with van der Waals surface area (Å²) in [5.41, 5.74) is 16.4. The highest BCUT2D eigenvalue weighted by Crippen LogP contribution is 2.37. The molecule has 1 aromatic heterocycles. The minimum Gasteiger partial charge on any atom is -0.465 e. The monoisotopic (exact) mass is 370 g/mol. The molecule has 3 aromatic carbocycles. The molecule has 1 heterocycles. The van der Waals surface area contributed by atoms with Gasteiger partial charge in [0.1, 0.15) is 5.82 Å². The van der Waals surface area contributed by atoms with E-state index in [2.05, 4.69) is 9.97 Å². The molecule has 6 heteroatoms. The van der Waals surface area contributed by atoms with Crippen LogP contribution in [-0.2, 0) is 4.74 Å². The van der Waals surface area contributed by atoms with Crippen molar-refractivity contribution in [3.05, 3.63) is 72.3 Å². The van der Waals surface area contributed by atoms with Gasteiger partial charge >= 0.3 is 5.97 Å². The fraction of sp³-hybridized carbons (Fsp3) is 0.0455. The zero-order chi connectivity index (χ0) is 19.7. The predicted octanol–water partition coefficient (Wildman–Crippen LogP) is 3.91. The fourth-order valence-corrected chi connectivity index (χ4v) is 3.33. The first-order chi connectivity index (χ1) is 13.6. The van der Waals surface area contributed by atoms with Gasteiger partial charge < -0.3 is 16.2 Å². The number of rotatable bonds is 3. The number of fused-ring (bicyclic) bond motifs is 1. The molecule has 0 radical (unpaired) electrons. The normalized spacial score (nSPS) is 10.8. The van der Waals surface area contributed by atoms with Crippen LogP contribution in [0.3, 0.4) is 0 Å². The lowest BCUT2D eigenvalue weighted by Gasteiger charge is -2.15. The third-order valence-corrected chi connectivity index (χ3v) is 4.59. The number of hydrogen-bond donors (Lipinski definition) is 2. The molecule has 0 saturated heterocycles. The van der Waals surface area contributed by atoms with E-state index in [1.165, 1.54) is 7.11 Å². The van der Waals surface area contributed by atoms with Gasteiger partial charge in [-0.2, -0.15) is 4.98 Å². The van der Waals surface area contributed by atoms with Crippen molar-refractivity contribution < 1.29 is 9.53 Å². The second kappa shape index (κ2) is 7.00. The molecule has 0 amide bonds. The molecule has 138 valence electrons. The summed E-state index contributed by atoms with van der Waals surface area (Å²) in [5, 5.41) is 0.703. The van der Waals surface area contributed by atoms with Crippen LogP contribution in [0.2, 0.25) is 0 Å². The van der Waals surface area contributed by atoms with Crippen LogP contribution >= 0.6 is 0 Å². The van der Waals surface area contributed by atoms with Crippen LogP contribution in [0.1, 0.15) is 10.4 Å². The number of hydrogen-bond acceptors (Lipinski definition) is 6. The Morgan fingerprint density at radius 2 is 1.68 bits per heavy atom. The maximum absolute atomic E-state index is 12.4. The molecule has 4 aromatic rings. The number of nitrogen functional groups attached to an aromatic ring is 2. The number of esters is 1. The lowest BCUT2D eigenvalue weighted by molar-refractivity contribution is 0.0601. The molecule has 4 N–H and O–H groups in total. The van der Waals surface area contributed by atoms with Crippen molar-refractivity contribution >= 4 is 28.6 Å². The third kappa shape index (κ3) is 3.01. The number of nitrogens with two attached hydrogens (primary N) is 2. The van der Waals surface area contributed by atoms with Gasteiger partial charge in [-0.05, 0) is 34.9 Å². The molecule has 0 bridgehead atoms. The van der Waals surface area contributed by atoms with Crippen LogP contribution in [0.4, 0.5) is 11.8 Å². The van der Waals surface area contributed by atoms with E-state index in [-0.39, 0.29) is 5.95 Å². The van der Waals surface area contributed by atoms with Crippen molar-refractivity contribution in [1.82, 2.24) is 9.97 Å². The molecule has 0 saturated carbocycles. The first-order valence-electron chi connectivity index (χ1n) is 8.68. The van der Waals surface area contributed by atoms with Gasteiger partial charge in [0.2, 0.25) is 5.95 Å². The van der Waals surface area contributed by atoms with Gasteiger partial charge in [-0.15, -0.1) is 0 Å². The maximum atomic E-state index is 12.4. The second-order valence-electron chi connectivity index (χ2n) is 6.28. The van der Waals surface area contributed by atoms with Gasteiger partial charge in [0.05, 0.1) is 18.2 Å². The smallest absolute Gasteiger partial charge is 0.338 e. The molecule has 0 fully saturated rings. The average Bonchev–Trinajstić information content (AvgIpc) is 2.73. The number of carbonyl (C=O) groups is 1. The van der Waals surface area contributed by atoms with Gasteiger partial charge in [0, 0.05) is 10.9 Å². The van der Waals surface area contributed by atoms with Crippen molar-refractivity contribution in [3.8, 4) is 22.3 Å². The minimum atomic E-state index is -0.392. The molecule has 4 rings (SSSR count). The standard InChI is InChI=1S/C22H18N4O2/c1-28-21(27)16-9-5-8-15(19(16)13-6-3-2-4-7-13)14-10-11-18-17(12-14)20(23)26-22(24)25-18/h2-12H,1H3,(H4,23,24,25,26). The molecule has 6 nitrogen and oxygen atoms in total. The number of anilines is 2. The van der Waals surface area contributed by atoms with Gasteiger partial charge in [0.15, 0.2) is 0 Å². The number of ether oxygens (including phenoxy) is 1. The summed E-state index contributed by atoms with van der Waals surface area (Å²) in [6.07, 6.45) is 0. The largest absolute Gasteiger partial charge is 0.465 e. The summed E-state index contributed by atoms with van der Waals surface area (Å²) in [7, 11) is 1.38. The highest BCUT2D eigenvalue weighted by atomic mass is 16.5. The van der Waals surface area contributed by atoms with Gasteiger partial charge in [-0.3, -0.25) is 0 Å². The molecule has 0 aliphatic rings. The molecule has 0 unspecified atom stereocenters. The third-order valence-electron chi connectivity index (χ3n) is 4.59. The minimum absolute atomic E-state index is 0.135. The van der Waals surface area contributed by atoms with E-state index >= 15 is 0 Å². The molecular formula is C22H18N4O2. The van der Waals surface area contributed by atoms with E-state index in [0.717, 1.165) is 22.3 Å². The van der Waals surface area contributed by atoms with E-state index in [1.54, 1.807) is 6.07 Å². The predicted molar refractivity (Wildman–Crippen MR) is 111 cm³/mol. The molecule has 0 atom stereocenters. The number of benzene rings is 3. The van der Waals surface area contributed by atoms with Crippen LogP contribution in [0.15, 0.2) is 66.7 Å². The quantitative estimate of drug-likeness (QED) is 0.530. The lowest BCUT2D eigenvalue weighted by Crippen LogP contribution is -2.05. The Kier molecular flexibility index (Phi) is 4.37. The Morgan fingerprint density at radius 3 is 2.43 bits per heavy atom. The highest BCUT2D eigenvalue weighted by Gasteiger charge is 2.18. The number of aromatic nitrogens is 2. The Labute approximate surface area is 161 Å². The highest BCUT2D eigenvalue weighted by molar-refractivity contribution is 6.03. The lowest BCUT2D eigenvalue weighted by atomic mass is 9.90. The number of methoxy groups -OCH3 is 1. The summed E-state index contributed by atoms with van der Waals surface area (Å²) < 4.78 is 5.00. The Morgan fingerprint density at radius 1 is 0.893 bits per heavy atom. The fourth-order valence-electron chi connectivity index (χ4n) is 3.33. The SMILES string of the molecule is COC(=O)c1cccc(-c2ccc3nc(N)nc(N)c3c2)c1-c1ccccc1. The molecule has 0 aliphatic heterocycles. The van der Waals surface area contributed by atoms with Crippen LogP contribution in [0.5, 0.6) is 0 Å². The Bertz CT molecular complexity index is 1190.